The van der Waals surface area contributed by atoms with Gasteiger partial charge >= 0.3 is 0 Å². The molecule has 0 atom stereocenters. The van der Waals surface area contributed by atoms with Gasteiger partial charge < -0.3 is 11.1 Å². The first kappa shape index (κ1) is 14.0. The first-order chi connectivity index (χ1) is 9.60. The number of nitrogens with one attached hydrogen (secondary N) is 1. The minimum absolute atomic E-state index is 0.139. The number of nitrogens with two attached hydrogens (primary N) is 1. The zero-order valence-corrected chi connectivity index (χ0v) is 11.7. The lowest BCUT2D eigenvalue weighted by Gasteiger charge is -2.10. The number of nitrogens with zero attached hydrogens (tertiary/aromatic N) is 2. The van der Waals surface area contributed by atoms with Gasteiger partial charge in [0.2, 0.25) is 0 Å². The highest BCUT2D eigenvalue weighted by Gasteiger charge is 2.06. The van der Waals surface area contributed by atoms with E-state index in [1.165, 1.54) is 6.20 Å². The van der Waals surface area contributed by atoms with E-state index in [1.807, 2.05) is 32.0 Å². The maximum Gasteiger partial charge on any atom is 0.162 e. The number of carbonyl (C=O) groups excluding carboxylic acids is 1. The molecule has 1 aromatic carbocycles. The van der Waals surface area contributed by atoms with Crippen molar-refractivity contribution in [3.8, 4) is 0 Å². The molecule has 104 valence electrons. The standard InChI is InChI=1S/C15H18N4O/c1-3-14(20)11-5-4-10(2)13(6-11)18-7-12-8-19-15(16)9-17-12/h4-6,8-9,18H,3,7H2,1-2H3,(H2,16,19). The molecule has 1 heterocycles. The van der Waals surface area contributed by atoms with Gasteiger partial charge in [0.1, 0.15) is 5.82 Å². The molecule has 0 radical (unpaired) electrons. The Morgan fingerprint density at radius 2 is 2.10 bits per heavy atom. The average molecular weight is 270 g/mol. The number of nitrogen functional groups attached to an aromatic ring is 1. The normalized spacial score (nSPS) is 10.3. The summed E-state index contributed by atoms with van der Waals surface area (Å²) in [4.78, 5) is 19.9. The number of Topliss-reactive ketones (excluding diaryl/α,β-unsaturated/α-hetero) is 1. The Morgan fingerprint density at radius 3 is 2.75 bits per heavy atom. The van der Waals surface area contributed by atoms with Gasteiger partial charge in [-0.1, -0.05) is 19.1 Å². The van der Waals surface area contributed by atoms with E-state index in [2.05, 4.69) is 15.3 Å². The van der Waals surface area contributed by atoms with Gasteiger partial charge in [0.15, 0.2) is 5.78 Å². The Bertz CT molecular complexity index is 608. The molecule has 5 heteroatoms. The second kappa shape index (κ2) is 6.14. The SMILES string of the molecule is CCC(=O)c1ccc(C)c(NCc2cnc(N)cn2)c1. The van der Waals surface area contributed by atoms with E-state index >= 15 is 0 Å². The van der Waals surface area contributed by atoms with Crippen LogP contribution in [0.2, 0.25) is 0 Å². The highest BCUT2D eigenvalue weighted by atomic mass is 16.1. The first-order valence-electron chi connectivity index (χ1n) is 6.54. The maximum absolute atomic E-state index is 11.7. The number of hydrogen-bond acceptors (Lipinski definition) is 5. The van der Waals surface area contributed by atoms with E-state index in [9.17, 15) is 4.79 Å². The summed E-state index contributed by atoms with van der Waals surface area (Å²) in [5, 5.41) is 3.27. The van der Waals surface area contributed by atoms with Crippen molar-refractivity contribution in [1.82, 2.24) is 9.97 Å². The van der Waals surface area contributed by atoms with E-state index in [1.54, 1.807) is 6.20 Å². The summed E-state index contributed by atoms with van der Waals surface area (Å²) in [6.45, 7) is 4.40. The molecule has 0 unspecified atom stereocenters. The zero-order chi connectivity index (χ0) is 14.5. The highest BCUT2D eigenvalue weighted by molar-refractivity contribution is 5.96. The Balaban J connectivity index is 2.12. The molecule has 2 rings (SSSR count). The summed E-state index contributed by atoms with van der Waals surface area (Å²) in [5.41, 5.74) is 9.04. The van der Waals surface area contributed by atoms with Crippen LogP contribution < -0.4 is 11.1 Å². The van der Waals surface area contributed by atoms with E-state index in [4.69, 9.17) is 5.73 Å². The minimum atomic E-state index is 0.139. The summed E-state index contributed by atoms with van der Waals surface area (Å²) < 4.78 is 0. The average Bonchev–Trinajstić information content (AvgIpc) is 2.47. The molecule has 0 bridgehead atoms. The highest BCUT2D eigenvalue weighted by Crippen LogP contribution is 2.18. The molecule has 0 saturated carbocycles. The van der Waals surface area contributed by atoms with Gasteiger partial charge in [0.05, 0.1) is 24.6 Å². The number of benzene rings is 1. The molecule has 0 fully saturated rings. The van der Waals surface area contributed by atoms with E-state index in [0.717, 1.165) is 22.5 Å². The summed E-state index contributed by atoms with van der Waals surface area (Å²) in [6, 6.07) is 5.68. The van der Waals surface area contributed by atoms with Gasteiger partial charge in [0, 0.05) is 17.7 Å². The molecule has 5 nitrogen and oxygen atoms in total. The summed E-state index contributed by atoms with van der Waals surface area (Å²) in [7, 11) is 0. The predicted molar refractivity (Wildman–Crippen MR) is 79.6 cm³/mol. The van der Waals surface area contributed by atoms with Crippen LogP contribution in [0, 0.1) is 6.92 Å². The summed E-state index contributed by atoms with van der Waals surface area (Å²) in [5.74, 6) is 0.542. The lowest BCUT2D eigenvalue weighted by atomic mass is 10.1. The first-order valence-corrected chi connectivity index (χ1v) is 6.54. The maximum atomic E-state index is 11.7. The molecule has 2 aromatic rings. The van der Waals surface area contributed by atoms with Crippen molar-refractivity contribution in [3.63, 3.8) is 0 Å². The lowest BCUT2D eigenvalue weighted by Crippen LogP contribution is -2.06. The van der Waals surface area contributed by atoms with Crippen molar-refractivity contribution in [1.29, 1.82) is 0 Å². The van der Waals surface area contributed by atoms with Crippen molar-refractivity contribution >= 4 is 17.3 Å². The van der Waals surface area contributed by atoms with Crippen molar-refractivity contribution in [3.05, 3.63) is 47.4 Å². The number of hydrogen-bond donors (Lipinski definition) is 2. The monoisotopic (exact) mass is 270 g/mol. The molecular formula is C15H18N4O. The molecule has 0 spiro atoms. The van der Waals surface area contributed by atoms with Crippen LogP contribution in [0.1, 0.15) is 35.0 Å². The van der Waals surface area contributed by atoms with Crippen molar-refractivity contribution < 1.29 is 4.79 Å². The Kier molecular flexibility index (Phi) is 4.30. The van der Waals surface area contributed by atoms with Gasteiger partial charge in [-0.25, -0.2) is 4.98 Å². The van der Waals surface area contributed by atoms with Crippen LogP contribution >= 0.6 is 0 Å². The van der Waals surface area contributed by atoms with Crippen molar-refractivity contribution in [2.75, 3.05) is 11.1 Å². The van der Waals surface area contributed by atoms with Gasteiger partial charge in [-0.05, 0) is 18.6 Å². The van der Waals surface area contributed by atoms with Crippen LogP contribution in [0.3, 0.4) is 0 Å². The summed E-state index contributed by atoms with van der Waals surface area (Å²) >= 11 is 0. The van der Waals surface area contributed by atoms with Crippen LogP contribution in [0.15, 0.2) is 30.6 Å². The number of rotatable bonds is 5. The third-order valence-corrected chi connectivity index (χ3v) is 3.07. The number of aryl methyl sites for hydroxylation is 1. The number of aromatic nitrogens is 2. The molecule has 3 N–H and O–H groups in total. The smallest absolute Gasteiger partial charge is 0.162 e. The zero-order valence-electron chi connectivity index (χ0n) is 11.7. The molecule has 0 saturated heterocycles. The quantitative estimate of drug-likeness (QED) is 0.816. The molecule has 0 aliphatic rings. The van der Waals surface area contributed by atoms with Gasteiger partial charge in [-0.3, -0.25) is 9.78 Å². The molecular weight excluding hydrogens is 252 g/mol. The number of ketones is 1. The Morgan fingerprint density at radius 1 is 1.30 bits per heavy atom. The molecule has 1 aromatic heterocycles. The molecule has 0 aliphatic carbocycles. The predicted octanol–water partition coefficient (Wildman–Crippen LogP) is 2.57. The fraction of sp³-hybridized carbons (Fsp3) is 0.267. The van der Waals surface area contributed by atoms with Crippen LogP contribution in [0.5, 0.6) is 0 Å². The number of anilines is 2. The van der Waals surface area contributed by atoms with Crippen LogP contribution in [0.4, 0.5) is 11.5 Å². The van der Waals surface area contributed by atoms with E-state index in [-0.39, 0.29) is 5.78 Å². The lowest BCUT2D eigenvalue weighted by molar-refractivity contribution is 0.0988. The number of carbonyl (C=O) groups is 1. The Labute approximate surface area is 118 Å². The second-order valence-corrected chi connectivity index (χ2v) is 4.59. The topological polar surface area (TPSA) is 80.9 Å². The summed E-state index contributed by atoms with van der Waals surface area (Å²) in [6.07, 6.45) is 3.67. The van der Waals surface area contributed by atoms with E-state index < -0.39 is 0 Å². The third kappa shape index (κ3) is 3.32. The fourth-order valence-electron chi connectivity index (χ4n) is 1.83. The van der Waals surface area contributed by atoms with E-state index in [0.29, 0.717) is 18.8 Å². The van der Waals surface area contributed by atoms with Crippen molar-refractivity contribution in [2.24, 2.45) is 0 Å². The molecule has 0 aliphatic heterocycles. The van der Waals surface area contributed by atoms with Crippen LogP contribution in [0.25, 0.3) is 0 Å². The molecule has 0 amide bonds. The largest absolute Gasteiger partial charge is 0.382 e. The second-order valence-electron chi connectivity index (χ2n) is 4.59. The van der Waals surface area contributed by atoms with Crippen LogP contribution in [-0.2, 0) is 6.54 Å². The van der Waals surface area contributed by atoms with Gasteiger partial charge in [-0.15, -0.1) is 0 Å². The minimum Gasteiger partial charge on any atom is -0.382 e. The molecule has 20 heavy (non-hydrogen) atoms. The van der Waals surface area contributed by atoms with Crippen LogP contribution in [-0.4, -0.2) is 15.8 Å². The Hall–Kier alpha value is -2.43. The van der Waals surface area contributed by atoms with Gasteiger partial charge in [0.25, 0.3) is 0 Å². The fourth-order valence-corrected chi connectivity index (χ4v) is 1.83. The van der Waals surface area contributed by atoms with Gasteiger partial charge in [-0.2, -0.15) is 0 Å². The van der Waals surface area contributed by atoms with Crippen molar-refractivity contribution in [2.45, 2.75) is 26.8 Å². The third-order valence-electron chi connectivity index (χ3n) is 3.07.